The van der Waals surface area contributed by atoms with E-state index in [0.717, 1.165) is 0 Å². The van der Waals surface area contributed by atoms with Crippen molar-refractivity contribution in [1.29, 1.82) is 0 Å². The number of amides is 1. The molecule has 1 fully saturated rings. The van der Waals surface area contributed by atoms with E-state index in [-0.39, 0.29) is 13.0 Å². The molecule has 33 heavy (non-hydrogen) atoms. The van der Waals surface area contributed by atoms with Gasteiger partial charge in [0.05, 0.1) is 30.7 Å². The van der Waals surface area contributed by atoms with Crippen molar-refractivity contribution in [2.24, 2.45) is 5.16 Å². The van der Waals surface area contributed by atoms with Gasteiger partial charge in [-0.3, -0.25) is 9.88 Å². The average molecular weight is 452 g/mol. The molecule has 2 aliphatic heterocycles. The number of carbonyl (C=O) groups is 2. The summed E-state index contributed by atoms with van der Waals surface area (Å²) >= 11 is 0. The Labute approximate surface area is 186 Å². The number of aromatic nitrogens is 4. The standard InChI is InChI=1S/C21H17FN6O5/c22-16-7-13(28-11-14(32-21(28)31)10-27-6-5-24-26-27)2-3-15(16)12-1-4-17(23-9-12)18-8-19(20(29)30)33-25-18/h1-7,9,14,19H,8,10-11H2,(H,29,30)/t14-,19?/m0/s1. The Morgan fingerprint density at radius 1 is 1.27 bits per heavy atom. The van der Waals surface area contributed by atoms with Crippen LogP contribution in [0.5, 0.6) is 0 Å². The van der Waals surface area contributed by atoms with Crippen molar-refractivity contribution in [3.05, 3.63) is 60.4 Å². The number of anilines is 1. The van der Waals surface area contributed by atoms with Gasteiger partial charge >= 0.3 is 12.1 Å². The second kappa shape index (κ2) is 8.30. The number of carboxylic acids is 1. The van der Waals surface area contributed by atoms with E-state index in [4.69, 9.17) is 14.7 Å². The molecule has 1 unspecified atom stereocenters. The van der Waals surface area contributed by atoms with Gasteiger partial charge in [-0.05, 0) is 24.3 Å². The summed E-state index contributed by atoms with van der Waals surface area (Å²) in [5.74, 6) is -1.62. The van der Waals surface area contributed by atoms with Crippen LogP contribution in [0.3, 0.4) is 0 Å². The normalized spacial score (nSPS) is 19.8. The van der Waals surface area contributed by atoms with Gasteiger partial charge in [0.25, 0.3) is 0 Å². The van der Waals surface area contributed by atoms with Crippen LogP contribution in [0, 0.1) is 5.82 Å². The maximum Gasteiger partial charge on any atom is 0.414 e. The molecular formula is C21H17FN6O5. The SMILES string of the molecule is O=C(O)C1CC(c2ccc(-c3ccc(N4C[C@H](Cn5ccnn5)OC4=O)cc3F)cn2)=NO1. The molecule has 1 saturated heterocycles. The van der Waals surface area contributed by atoms with Crippen LogP contribution in [0.1, 0.15) is 12.1 Å². The molecule has 0 bridgehead atoms. The van der Waals surface area contributed by atoms with Gasteiger partial charge in [-0.15, -0.1) is 5.10 Å². The van der Waals surface area contributed by atoms with Gasteiger partial charge in [-0.25, -0.2) is 18.7 Å². The van der Waals surface area contributed by atoms with Crippen molar-refractivity contribution in [3.63, 3.8) is 0 Å². The summed E-state index contributed by atoms with van der Waals surface area (Å²) in [4.78, 5) is 33.8. The van der Waals surface area contributed by atoms with Crippen LogP contribution in [-0.2, 0) is 20.9 Å². The third-order valence-electron chi connectivity index (χ3n) is 5.32. The number of ether oxygens (including phenoxy) is 1. The Kier molecular flexibility index (Phi) is 5.17. The number of hydrogen-bond donors (Lipinski definition) is 1. The zero-order valence-corrected chi connectivity index (χ0v) is 17.0. The number of carboxylic acid groups (broad SMARTS) is 1. The number of halogens is 1. The fourth-order valence-electron chi connectivity index (χ4n) is 3.66. The lowest BCUT2D eigenvalue weighted by atomic mass is 10.0. The van der Waals surface area contributed by atoms with Gasteiger partial charge in [-0.1, -0.05) is 16.4 Å². The highest BCUT2D eigenvalue weighted by Crippen LogP contribution is 2.29. The Hall–Kier alpha value is -4.35. The topological polar surface area (TPSA) is 132 Å². The van der Waals surface area contributed by atoms with E-state index >= 15 is 0 Å². The molecule has 168 valence electrons. The van der Waals surface area contributed by atoms with Gasteiger partial charge in [0.15, 0.2) is 0 Å². The number of rotatable bonds is 6. The summed E-state index contributed by atoms with van der Waals surface area (Å²) in [6, 6.07) is 7.76. The molecule has 12 heteroatoms. The van der Waals surface area contributed by atoms with Crippen LogP contribution < -0.4 is 4.90 Å². The molecule has 0 aliphatic carbocycles. The van der Waals surface area contributed by atoms with E-state index < -0.39 is 30.1 Å². The Morgan fingerprint density at radius 3 is 2.82 bits per heavy atom. The van der Waals surface area contributed by atoms with Crippen LogP contribution in [0.15, 0.2) is 54.1 Å². The molecule has 4 heterocycles. The third kappa shape index (κ3) is 4.10. The minimum Gasteiger partial charge on any atom is -0.478 e. The summed E-state index contributed by atoms with van der Waals surface area (Å²) in [6.45, 7) is 0.611. The number of oxime groups is 1. The summed E-state index contributed by atoms with van der Waals surface area (Å²) in [7, 11) is 0. The van der Waals surface area contributed by atoms with E-state index in [1.165, 1.54) is 23.4 Å². The molecule has 11 nitrogen and oxygen atoms in total. The first-order valence-electron chi connectivity index (χ1n) is 10.0. The van der Waals surface area contributed by atoms with Gasteiger partial charge in [0.1, 0.15) is 17.6 Å². The van der Waals surface area contributed by atoms with Gasteiger partial charge in [0.2, 0.25) is 6.10 Å². The van der Waals surface area contributed by atoms with Gasteiger partial charge < -0.3 is 14.7 Å². The molecule has 0 saturated carbocycles. The number of hydrogen-bond acceptors (Lipinski definition) is 8. The molecule has 2 aromatic heterocycles. The monoisotopic (exact) mass is 452 g/mol. The van der Waals surface area contributed by atoms with Crippen LogP contribution in [0.2, 0.25) is 0 Å². The van der Waals surface area contributed by atoms with Crippen molar-refractivity contribution < 1.29 is 28.7 Å². The van der Waals surface area contributed by atoms with Crippen molar-refractivity contribution in [2.45, 2.75) is 25.2 Å². The molecule has 1 N–H and O–H groups in total. The first-order valence-corrected chi connectivity index (χ1v) is 10.0. The third-order valence-corrected chi connectivity index (χ3v) is 5.32. The van der Waals surface area contributed by atoms with Crippen LogP contribution in [0.4, 0.5) is 14.9 Å². The lowest BCUT2D eigenvalue weighted by molar-refractivity contribution is -0.148. The van der Waals surface area contributed by atoms with E-state index in [0.29, 0.717) is 34.8 Å². The number of pyridine rings is 1. The molecule has 0 spiro atoms. The molecule has 2 atom stereocenters. The largest absolute Gasteiger partial charge is 0.478 e. The van der Waals surface area contributed by atoms with E-state index in [9.17, 15) is 14.0 Å². The summed E-state index contributed by atoms with van der Waals surface area (Å²) in [5, 5.41) is 20.3. The quantitative estimate of drug-likeness (QED) is 0.601. The summed E-state index contributed by atoms with van der Waals surface area (Å²) in [6.07, 6.45) is 2.77. The second-order valence-electron chi connectivity index (χ2n) is 7.51. The smallest absolute Gasteiger partial charge is 0.414 e. The zero-order valence-electron chi connectivity index (χ0n) is 17.0. The Morgan fingerprint density at radius 2 is 2.15 bits per heavy atom. The number of carbonyl (C=O) groups excluding carboxylic acids is 1. The first-order chi connectivity index (χ1) is 16.0. The Balaban J connectivity index is 1.29. The predicted octanol–water partition coefficient (Wildman–Crippen LogP) is 2.08. The van der Waals surface area contributed by atoms with Crippen molar-refractivity contribution >= 4 is 23.5 Å². The van der Waals surface area contributed by atoms with Gasteiger partial charge in [-0.2, -0.15) is 0 Å². The second-order valence-corrected chi connectivity index (χ2v) is 7.51. The first kappa shape index (κ1) is 20.5. The zero-order chi connectivity index (χ0) is 22.9. The van der Waals surface area contributed by atoms with Crippen LogP contribution in [0.25, 0.3) is 11.1 Å². The summed E-state index contributed by atoms with van der Waals surface area (Å²) < 4.78 is 21.8. The van der Waals surface area contributed by atoms with Crippen molar-refractivity contribution in [3.8, 4) is 11.1 Å². The lowest BCUT2D eigenvalue weighted by Gasteiger charge is -2.14. The highest BCUT2D eigenvalue weighted by Gasteiger charge is 2.33. The molecule has 5 rings (SSSR count). The van der Waals surface area contributed by atoms with Crippen LogP contribution >= 0.6 is 0 Å². The number of aliphatic carboxylic acids is 1. The number of nitrogens with zero attached hydrogens (tertiary/aromatic N) is 6. The van der Waals surface area contributed by atoms with Crippen LogP contribution in [-0.4, -0.2) is 61.6 Å². The fraction of sp³-hybridized carbons (Fsp3) is 0.238. The molecular weight excluding hydrogens is 435 g/mol. The van der Waals surface area contributed by atoms with Crippen molar-refractivity contribution in [2.75, 3.05) is 11.4 Å². The number of cyclic esters (lactones) is 1. The minimum atomic E-state index is -1.10. The maximum absolute atomic E-state index is 14.9. The highest BCUT2D eigenvalue weighted by atomic mass is 19.1. The molecule has 1 aromatic carbocycles. The number of benzene rings is 1. The minimum absolute atomic E-state index is 0.106. The van der Waals surface area contributed by atoms with Gasteiger partial charge in [0, 0.05) is 29.9 Å². The molecule has 3 aromatic rings. The average Bonchev–Trinajstić information content (AvgIpc) is 3.56. The summed E-state index contributed by atoms with van der Waals surface area (Å²) in [5.41, 5.74) is 2.07. The highest BCUT2D eigenvalue weighted by molar-refractivity contribution is 6.02. The lowest BCUT2D eigenvalue weighted by Crippen LogP contribution is -2.26. The maximum atomic E-state index is 14.9. The fourth-order valence-corrected chi connectivity index (χ4v) is 3.66. The van der Waals surface area contributed by atoms with Crippen molar-refractivity contribution in [1.82, 2.24) is 20.0 Å². The molecule has 0 radical (unpaired) electrons. The molecule has 1 amide bonds. The van der Waals surface area contributed by atoms with E-state index in [2.05, 4.69) is 20.5 Å². The molecule has 2 aliphatic rings. The predicted molar refractivity (Wildman–Crippen MR) is 111 cm³/mol. The van der Waals surface area contributed by atoms with E-state index in [1.807, 2.05) is 0 Å². The Bertz CT molecular complexity index is 1230. The van der Waals surface area contributed by atoms with E-state index in [1.54, 1.807) is 35.1 Å².